The standard InChI is InChI=1S/C17H21N3O/c1-12(15-7-5-4-6-8-15)9-10-18-17-19-11-16(14(3)21)13(2)20-17/h4-8,11-12H,9-10H2,1-3H3,(H,18,19,20). The fraction of sp³-hybridized carbons (Fsp3) is 0.353. The van der Waals surface area contributed by atoms with E-state index in [0.29, 0.717) is 17.4 Å². The summed E-state index contributed by atoms with van der Waals surface area (Å²) < 4.78 is 0. The largest absolute Gasteiger partial charge is 0.354 e. The van der Waals surface area contributed by atoms with Crippen LogP contribution in [0.2, 0.25) is 0 Å². The molecule has 0 amide bonds. The molecule has 21 heavy (non-hydrogen) atoms. The highest BCUT2D eigenvalue weighted by Gasteiger charge is 2.08. The number of rotatable bonds is 6. The van der Waals surface area contributed by atoms with E-state index in [1.54, 1.807) is 6.20 Å². The van der Waals surface area contributed by atoms with Crippen molar-refractivity contribution in [1.82, 2.24) is 9.97 Å². The molecular weight excluding hydrogens is 262 g/mol. The molecule has 0 saturated carbocycles. The molecule has 0 radical (unpaired) electrons. The molecule has 110 valence electrons. The van der Waals surface area contributed by atoms with Crippen LogP contribution in [0.4, 0.5) is 5.95 Å². The summed E-state index contributed by atoms with van der Waals surface area (Å²) >= 11 is 0. The van der Waals surface area contributed by atoms with Gasteiger partial charge in [-0.2, -0.15) is 0 Å². The summed E-state index contributed by atoms with van der Waals surface area (Å²) in [5.41, 5.74) is 2.64. The number of benzene rings is 1. The molecule has 0 aliphatic rings. The first-order chi connectivity index (χ1) is 10.1. The average molecular weight is 283 g/mol. The van der Waals surface area contributed by atoms with Crippen LogP contribution in [0, 0.1) is 6.92 Å². The quantitative estimate of drug-likeness (QED) is 0.823. The van der Waals surface area contributed by atoms with Crippen LogP contribution in [0.25, 0.3) is 0 Å². The van der Waals surface area contributed by atoms with Gasteiger partial charge in [0.25, 0.3) is 0 Å². The Bertz CT molecular complexity index is 611. The lowest BCUT2D eigenvalue weighted by molar-refractivity contribution is 0.101. The summed E-state index contributed by atoms with van der Waals surface area (Å²) in [5.74, 6) is 1.06. The molecule has 1 unspecified atom stereocenters. The number of nitrogens with zero attached hydrogens (tertiary/aromatic N) is 2. The van der Waals surface area contributed by atoms with Gasteiger partial charge in [-0.1, -0.05) is 37.3 Å². The molecule has 1 N–H and O–H groups in total. The van der Waals surface area contributed by atoms with Crippen molar-refractivity contribution < 1.29 is 4.79 Å². The molecule has 2 rings (SSSR count). The first-order valence-corrected chi connectivity index (χ1v) is 7.21. The van der Waals surface area contributed by atoms with Gasteiger partial charge in [-0.15, -0.1) is 0 Å². The van der Waals surface area contributed by atoms with Crippen LogP contribution in [0.1, 0.15) is 47.8 Å². The maximum absolute atomic E-state index is 11.3. The van der Waals surface area contributed by atoms with Gasteiger partial charge in [-0.3, -0.25) is 4.79 Å². The molecule has 1 atom stereocenters. The van der Waals surface area contributed by atoms with Gasteiger partial charge >= 0.3 is 0 Å². The summed E-state index contributed by atoms with van der Waals surface area (Å²) in [7, 11) is 0. The Morgan fingerprint density at radius 2 is 2.00 bits per heavy atom. The minimum Gasteiger partial charge on any atom is -0.354 e. The third-order valence-electron chi connectivity index (χ3n) is 3.59. The number of anilines is 1. The third-order valence-corrected chi connectivity index (χ3v) is 3.59. The van der Waals surface area contributed by atoms with Crippen molar-refractivity contribution in [2.24, 2.45) is 0 Å². The van der Waals surface area contributed by atoms with Crippen molar-refractivity contribution in [2.75, 3.05) is 11.9 Å². The molecule has 0 fully saturated rings. The fourth-order valence-electron chi connectivity index (χ4n) is 2.25. The smallest absolute Gasteiger partial charge is 0.222 e. The molecule has 1 aromatic carbocycles. The number of ketones is 1. The molecule has 2 aromatic rings. The number of aromatic nitrogens is 2. The van der Waals surface area contributed by atoms with Crippen molar-refractivity contribution in [3.63, 3.8) is 0 Å². The van der Waals surface area contributed by atoms with Crippen LogP contribution >= 0.6 is 0 Å². The predicted octanol–water partition coefficient (Wildman–Crippen LogP) is 3.59. The van der Waals surface area contributed by atoms with E-state index in [1.165, 1.54) is 12.5 Å². The lowest BCUT2D eigenvalue weighted by Gasteiger charge is -2.12. The molecule has 0 aliphatic heterocycles. The SMILES string of the molecule is CC(=O)c1cnc(NCCC(C)c2ccccc2)nc1C. The Balaban J connectivity index is 1.89. The van der Waals surface area contributed by atoms with E-state index in [4.69, 9.17) is 0 Å². The van der Waals surface area contributed by atoms with Crippen LogP contribution in [-0.2, 0) is 0 Å². The minimum atomic E-state index is -0.00301. The monoisotopic (exact) mass is 283 g/mol. The van der Waals surface area contributed by atoms with E-state index in [1.807, 2.05) is 13.0 Å². The van der Waals surface area contributed by atoms with Gasteiger partial charge in [0, 0.05) is 12.7 Å². The van der Waals surface area contributed by atoms with Gasteiger partial charge in [0.15, 0.2) is 5.78 Å². The summed E-state index contributed by atoms with van der Waals surface area (Å²) in [5, 5.41) is 3.22. The summed E-state index contributed by atoms with van der Waals surface area (Å²) in [4.78, 5) is 19.8. The number of aryl methyl sites for hydroxylation is 1. The Kier molecular flexibility index (Phi) is 5.04. The topological polar surface area (TPSA) is 54.9 Å². The zero-order valence-corrected chi connectivity index (χ0v) is 12.8. The number of carbonyl (C=O) groups excluding carboxylic acids is 1. The molecular formula is C17H21N3O. The summed E-state index contributed by atoms with van der Waals surface area (Å²) in [6.45, 7) is 6.37. The van der Waals surface area contributed by atoms with E-state index >= 15 is 0 Å². The maximum atomic E-state index is 11.3. The molecule has 4 heteroatoms. The second kappa shape index (κ2) is 6.97. The molecule has 0 bridgehead atoms. The summed E-state index contributed by atoms with van der Waals surface area (Å²) in [6.07, 6.45) is 2.59. The molecule has 1 heterocycles. The average Bonchev–Trinajstić information content (AvgIpc) is 2.47. The number of hydrogen-bond donors (Lipinski definition) is 1. The highest BCUT2D eigenvalue weighted by Crippen LogP contribution is 2.18. The van der Waals surface area contributed by atoms with Crippen molar-refractivity contribution >= 4 is 11.7 Å². The van der Waals surface area contributed by atoms with Crippen LogP contribution in [-0.4, -0.2) is 22.3 Å². The van der Waals surface area contributed by atoms with Gasteiger partial charge in [0.1, 0.15) is 0 Å². The second-order valence-electron chi connectivity index (χ2n) is 5.28. The minimum absolute atomic E-state index is 0.00301. The van der Waals surface area contributed by atoms with Crippen LogP contribution in [0.5, 0.6) is 0 Å². The normalized spacial score (nSPS) is 12.0. The van der Waals surface area contributed by atoms with Crippen molar-refractivity contribution in [2.45, 2.75) is 33.1 Å². The van der Waals surface area contributed by atoms with E-state index in [0.717, 1.165) is 18.7 Å². The van der Waals surface area contributed by atoms with Crippen LogP contribution in [0.15, 0.2) is 36.5 Å². The van der Waals surface area contributed by atoms with Gasteiger partial charge in [0.05, 0.1) is 11.3 Å². The molecule has 4 nitrogen and oxygen atoms in total. The number of hydrogen-bond acceptors (Lipinski definition) is 4. The third kappa shape index (κ3) is 4.12. The maximum Gasteiger partial charge on any atom is 0.222 e. The summed E-state index contributed by atoms with van der Waals surface area (Å²) in [6, 6.07) is 10.4. The van der Waals surface area contributed by atoms with Crippen LogP contribution in [0.3, 0.4) is 0 Å². The fourth-order valence-corrected chi connectivity index (χ4v) is 2.25. The van der Waals surface area contributed by atoms with Gasteiger partial charge in [0.2, 0.25) is 5.95 Å². The first-order valence-electron chi connectivity index (χ1n) is 7.21. The zero-order chi connectivity index (χ0) is 15.2. The Hall–Kier alpha value is -2.23. The second-order valence-corrected chi connectivity index (χ2v) is 5.28. The molecule has 0 saturated heterocycles. The molecule has 1 aromatic heterocycles. The van der Waals surface area contributed by atoms with E-state index in [2.05, 4.69) is 46.5 Å². The van der Waals surface area contributed by atoms with Gasteiger partial charge in [-0.05, 0) is 31.7 Å². The Labute approximate surface area is 125 Å². The van der Waals surface area contributed by atoms with E-state index in [9.17, 15) is 4.79 Å². The molecule has 0 spiro atoms. The van der Waals surface area contributed by atoms with Gasteiger partial charge < -0.3 is 5.32 Å². The molecule has 0 aliphatic carbocycles. The van der Waals surface area contributed by atoms with Crippen LogP contribution < -0.4 is 5.32 Å². The van der Waals surface area contributed by atoms with Crippen molar-refractivity contribution in [3.05, 3.63) is 53.3 Å². The lowest BCUT2D eigenvalue weighted by Crippen LogP contribution is -2.10. The van der Waals surface area contributed by atoms with Crippen molar-refractivity contribution in [3.8, 4) is 0 Å². The number of carbonyl (C=O) groups is 1. The first kappa shape index (κ1) is 15.2. The number of Topliss-reactive ketones (excluding diaryl/α,β-unsaturated/α-hetero) is 1. The predicted molar refractivity (Wildman–Crippen MR) is 84.7 cm³/mol. The lowest BCUT2D eigenvalue weighted by atomic mass is 9.98. The van der Waals surface area contributed by atoms with E-state index < -0.39 is 0 Å². The highest BCUT2D eigenvalue weighted by atomic mass is 16.1. The van der Waals surface area contributed by atoms with Crippen molar-refractivity contribution in [1.29, 1.82) is 0 Å². The van der Waals surface area contributed by atoms with Gasteiger partial charge in [-0.25, -0.2) is 9.97 Å². The highest BCUT2D eigenvalue weighted by molar-refractivity contribution is 5.94. The Morgan fingerprint density at radius 1 is 1.29 bits per heavy atom. The zero-order valence-electron chi connectivity index (χ0n) is 12.8. The number of nitrogens with one attached hydrogen (secondary N) is 1. The van der Waals surface area contributed by atoms with E-state index in [-0.39, 0.29) is 5.78 Å². The Morgan fingerprint density at radius 3 is 2.62 bits per heavy atom.